The molecule has 7 atom stereocenters. The van der Waals surface area contributed by atoms with Crippen LogP contribution in [-0.2, 0) is 23.8 Å². The Hall–Kier alpha value is -3.82. The summed E-state index contributed by atoms with van der Waals surface area (Å²) in [5, 5.41) is 0. The molecular formula is C33H36O9. The predicted molar refractivity (Wildman–Crippen MR) is 153 cm³/mol. The number of methoxy groups -OCH3 is 4. The van der Waals surface area contributed by atoms with E-state index in [9.17, 15) is 9.59 Å². The Morgan fingerprint density at radius 3 is 2.21 bits per heavy atom. The van der Waals surface area contributed by atoms with E-state index in [4.69, 9.17) is 33.2 Å². The maximum Gasteiger partial charge on any atom is 0.334 e. The van der Waals surface area contributed by atoms with Gasteiger partial charge >= 0.3 is 5.97 Å². The van der Waals surface area contributed by atoms with Crippen LogP contribution in [0.5, 0.6) is 23.0 Å². The maximum atomic E-state index is 14.7. The van der Waals surface area contributed by atoms with E-state index in [-0.39, 0.29) is 17.6 Å². The lowest BCUT2D eigenvalue weighted by Crippen LogP contribution is -2.59. The zero-order chi connectivity index (χ0) is 30.0. The summed E-state index contributed by atoms with van der Waals surface area (Å²) < 4.78 is 41.6. The van der Waals surface area contributed by atoms with Crippen molar-refractivity contribution in [2.45, 2.75) is 50.8 Å². The molecule has 2 aliphatic carbocycles. The van der Waals surface area contributed by atoms with E-state index in [1.807, 2.05) is 37.3 Å². The Kier molecular flexibility index (Phi) is 6.85. The third-order valence-corrected chi connectivity index (χ3v) is 9.71. The number of fused-ring (bicyclic) bond motifs is 2. The highest BCUT2D eigenvalue weighted by atomic mass is 16.7. The summed E-state index contributed by atoms with van der Waals surface area (Å²) in [6.45, 7) is 7.99. The number of ketones is 1. The van der Waals surface area contributed by atoms with Crippen molar-refractivity contribution >= 4 is 17.8 Å². The molecule has 0 radical (unpaired) electrons. The van der Waals surface area contributed by atoms with Crippen LogP contribution in [0.2, 0.25) is 0 Å². The molecule has 6 rings (SSSR count). The predicted octanol–water partition coefficient (Wildman–Crippen LogP) is 5.07. The van der Waals surface area contributed by atoms with E-state index >= 15 is 0 Å². The molecule has 2 aromatic carbocycles. The van der Waals surface area contributed by atoms with E-state index in [1.165, 1.54) is 0 Å². The third kappa shape index (κ3) is 3.76. The second-order valence-corrected chi connectivity index (χ2v) is 11.6. The van der Waals surface area contributed by atoms with Crippen LogP contribution >= 0.6 is 0 Å². The second-order valence-electron chi connectivity index (χ2n) is 11.6. The normalized spacial score (nSPS) is 34.4. The summed E-state index contributed by atoms with van der Waals surface area (Å²) in [5.74, 6) is 1.18. The highest BCUT2D eigenvalue weighted by Crippen LogP contribution is 2.66. The number of hydrogen-bond acceptors (Lipinski definition) is 9. The molecule has 0 aromatic heterocycles. The topological polar surface area (TPSA) is 98.8 Å². The minimum atomic E-state index is -1.24. The Balaban J connectivity index is 1.53. The Morgan fingerprint density at radius 2 is 1.55 bits per heavy atom. The second kappa shape index (κ2) is 10.2. The van der Waals surface area contributed by atoms with Gasteiger partial charge in [0.25, 0.3) is 0 Å². The quantitative estimate of drug-likeness (QED) is 0.345. The van der Waals surface area contributed by atoms with Gasteiger partial charge in [0.05, 0.1) is 28.4 Å². The van der Waals surface area contributed by atoms with E-state index in [2.05, 4.69) is 13.5 Å². The van der Waals surface area contributed by atoms with Gasteiger partial charge in [-0.1, -0.05) is 25.6 Å². The fourth-order valence-corrected chi connectivity index (χ4v) is 7.53. The SMILES string of the molecule is C=C1C(=O)O[C@@H]2[C@H]1CC[C@H](C)[C@]13OC(c4ccc(OC)c(OC)c4)O[C@H]1/C(=C/c1ccc(OC)c(OC)c1)C(=O)[C@@]23C. The molecule has 2 aliphatic heterocycles. The van der Waals surface area contributed by atoms with Gasteiger partial charge in [-0.25, -0.2) is 4.79 Å². The fourth-order valence-electron chi connectivity index (χ4n) is 7.53. The first-order valence-corrected chi connectivity index (χ1v) is 14.1. The Labute approximate surface area is 245 Å². The lowest BCUT2D eigenvalue weighted by molar-refractivity contribution is -0.191. The molecule has 222 valence electrons. The average molecular weight is 577 g/mol. The molecule has 9 nitrogen and oxygen atoms in total. The highest BCUT2D eigenvalue weighted by Gasteiger charge is 2.78. The van der Waals surface area contributed by atoms with Gasteiger partial charge in [-0.05, 0) is 61.6 Å². The molecular weight excluding hydrogens is 540 g/mol. The summed E-state index contributed by atoms with van der Waals surface area (Å²) in [4.78, 5) is 27.5. The summed E-state index contributed by atoms with van der Waals surface area (Å²) in [7, 11) is 6.28. The van der Waals surface area contributed by atoms with Crippen LogP contribution in [0.4, 0.5) is 0 Å². The zero-order valence-corrected chi connectivity index (χ0v) is 24.7. The average Bonchev–Trinajstić information content (AvgIpc) is 3.58. The highest BCUT2D eigenvalue weighted by molar-refractivity contribution is 6.10. The smallest absolute Gasteiger partial charge is 0.334 e. The van der Waals surface area contributed by atoms with Crippen LogP contribution in [0.1, 0.15) is 44.1 Å². The van der Waals surface area contributed by atoms with Crippen molar-refractivity contribution in [3.8, 4) is 23.0 Å². The summed E-state index contributed by atoms with van der Waals surface area (Å²) >= 11 is 0. The molecule has 0 bridgehead atoms. The summed E-state index contributed by atoms with van der Waals surface area (Å²) in [5.41, 5.74) is -0.0365. The van der Waals surface area contributed by atoms with Crippen molar-refractivity contribution in [1.29, 1.82) is 0 Å². The van der Waals surface area contributed by atoms with Gasteiger partial charge in [0.1, 0.15) is 23.2 Å². The number of carbonyl (C=O) groups excluding carboxylic acids is 2. The van der Waals surface area contributed by atoms with Crippen molar-refractivity contribution in [3.05, 3.63) is 65.3 Å². The Bertz CT molecular complexity index is 1490. The van der Waals surface area contributed by atoms with Crippen LogP contribution < -0.4 is 18.9 Å². The van der Waals surface area contributed by atoms with E-state index in [0.29, 0.717) is 47.0 Å². The van der Waals surface area contributed by atoms with Crippen molar-refractivity contribution < 1.29 is 42.7 Å². The van der Waals surface area contributed by atoms with E-state index in [0.717, 1.165) is 11.1 Å². The van der Waals surface area contributed by atoms with Crippen LogP contribution in [0.3, 0.4) is 0 Å². The first-order valence-electron chi connectivity index (χ1n) is 14.1. The third-order valence-electron chi connectivity index (χ3n) is 9.71. The van der Waals surface area contributed by atoms with Gasteiger partial charge in [0, 0.05) is 22.6 Å². The number of benzene rings is 2. The maximum absolute atomic E-state index is 14.7. The standard InChI is InChI=1S/C33H36O9/c1-17-8-11-21-18(2)30(35)40-28(21)32(3)27(34)22(14-19-9-12-23(36-4)25(15-19)38-6)29-33(17,32)42-31(41-29)20-10-13-24(37-5)26(16-20)39-7/h9-10,12-17,21,28-29,31H,2,8,11H2,1,3-7H3/b22-14+/t17-,21-,28+,29-,31?,32-,33-/m0/s1. The summed E-state index contributed by atoms with van der Waals surface area (Å²) in [6.07, 6.45) is 0.901. The lowest BCUT2D eigenvalue weighted by atomic mass is 9.64. The number of esters is 1. The van der Waals surface area contributed by atoms with Crippen LogP contribution in [0.15, 0.2) is 54.1 Å². The molecule has 9 heteroatoms. The largest absolute Gasteiger partial charge is 0.493 e. The number of hydrogen-bond donors (Lipinski definition) is 0. The minimum absolute atomic E-state index is 0.116. The number of ether oxygens (including phenoxy) is 7. The lowest BCUT2D eigenvalue weighted by Gasteiger charge is -2.45. The molecule has 4 fully saturated rings. The van der Waals surface area contributed by atoms with Crippen molar-refractivity contribution in [1.82, 2.24) is 0 Å². The van der Waals surface area contributed by atoms with Crippen LogP contribution in [0.25, 0.3) is 6.08 Å². The monoisotopic (exact) mass is 576 g/mol. The molecule has 2 saturated heterocycles. The first kappa shape index (κ1) is 28.3. The van der Waals surface area contributed by atoms with E-state index in [1.54, 1.807) is 40.6 Å². The Morgan fingerprint density at radius 1 is 0.905 bits per heavy atom. The minimum Gasteiger partial charge on any atom is -0.493 e. The first-order chi connectivity index (χ1) is 20.1. The van der Waals surface area contributed by atoms with Crippen molar-refractivity contribution in [2.24, 2.45) is 17.3 Å². The molecule has 1 unspecified atom stereocenters. The van der Waals surface area contributed by atoms with E-state index < -0.39 is 35.5 Å². The molecule has 42 heavy (non-hydrogen) atoms. The fraction of sp³-hybridized carbons (Fsp3) is 0.455. The molecule has 0 N–H and O–H groups in total. The molecule has 2 saturated carbocycles. The van der Waals surface area contributed by atoms with Gasteiger partial charge < -0.3 is 33.2 Å². The van der Waals surface area contributed by atoms with Crippen molar-refractivity contribution in [2.75, 3.05) is 28.4 Å². The van der Waals surface area contributed by atoms with Gasteiger partial charge in [-0.15, -0.1) is 0 Å². The van der Waals surface area contributed by atoms with Crippen LogP contribution in [0, 0.1) is 17.3 Å². The van der Waals surface area contributed by atoms with Gasteiger partial charge in [-0.3, -0.25) is 4.79 Å². The molecule has 1 spiro atoms. The number of carbonyl (C=O) groups is 2. The molecule has 0 amide bonds. The molecule has 2 aromatic rings. The zero-order valence-electron chi connectivity index (χ0n) is 24.7. The van der Waals surface area contributed by atoms with Gasteiger partial charge in [-0.2, -0.15) is 0 Å². The molecule has 4 aliphatic rings. The van der Waals surface area contributed by atoms with Gasteiger partial charge in [0.15, 0.2) is 35.1 Å². The van der Waals surface area contributed by atoms with Gasteiger partial charge in [0.2, 0.25) is 0 Å². The molecule has 2 heterocycles. The number of rotatable bonds is 6. The summed E-state index contributed by atoms with van der Waals surface area (Å²) in [6, 6.07) is 10.9. The van der Waals surface area contributed by atoms with Crippen molar-refractivity contribution in [3.63, 3.8) is 0 Å². The number of Topliss-reactive ketones (excluding diaryl/α,β-unsaturated/α-hetero) is 1. The van der Waals surface area contributed by atoms with Crippen LogP contribution in [-0.4, -0.2) is 58.0 Å².